The summed E-state index contributed by atoms with van der Waals surface area (Å²) in [6.07, 6.45) is 8.22. The standard InChI is InChI=1S/C24H33N3O2/c28-22(18-19-7-8-20-5-1-2-6-21(20)17-19)25-13-15-26(16-14-25)23(29)24-9-3-11-27(24)12-4-10-24/h1-2,5-6,19H,3-4,7-18H2. The molecule has 3 heterocycles. The van der Waals surface area contributed by atoms with Gasteiger partial charge in [0.1, 0.15) is 5.54 Å². The van der Waals surface area contributed by atoms with Crippen molar-refractivity contribution in [1.29, 1.82) is 0 Å². The van der Waals surface area contributed by atoms with Gasteiger partial charge in [0.2, 0.25) is 11.8 Å². The predicted molar refractivity (Wildman–Crippen MR) is 113 cm³/mol. The molecule has 1 aromatic carbocycles. The van der Waals surface area contributed by atoms with Crippen molar-refractivity contribution in [2.24, 2.45) is 5.92 Å². The average molecular weight is 396 g/mol. The van der Waals surface area contributed by atoms with Crippen LogP contribution in [0.1, 0.15) is 49.7 Å². The molecule has 1 aromatic rings. The van der Waals surface area contributed by atoms with Crippen LogP contribution in [-0.4, -0.2) is 71.3 Å². The third-order valence-electron chi connectivity index (χ3n) is 7.87. The van der Waals surface area contributed by atoms with Crippen LogP contribution in [0.25, 0.3) is 0 Å². The van der Waals surface area contributed by atoms with E-state index in [-0.39, 0.29) is 11.4 Å². The van der Waals surface area contributed by atoms with Crippen LogP contribution < -0.4 is 0 Å². The number of rotatable bonds is 3. The Labute approximate surface area is 174 Å². The largest absolute Gasteiger partial charge is 0.339 e. The molecule has 156 valence electrons. The number of piperazine rings is 1. The number of benzene rings is 1. The third kappa shape index (κ3) is 3.48. The summed E-state index contributed by atoms with van der Waals surface area (Å²) in [4.78, 5) is 32.7. The molecule has 0 radical (unpaired) electrons. The lowest BCUT2D eigenvalue weighted by atomic mass is 9.82. The first-order valence-electron chi connectivity index (χ1n) is 11.5. The number of aryl methyl sites for hydroxylation is 1. The highest BCUT2D eigenvalue weighted by atomic mass is 16.2. The highest BCUT2D eigenvalue weighted by molar-refractivity contribution is 5.87. The molecule has 0 bridgehead atoms. The molecule has 29 heavy (non-hydrogen) atoms. The van der Waals surface area contributed by atoms with Crippen molar-refractivity contribution < 1.29 is 9.59 Å². The van der Waals surface area contributed by atoms with E-state index in [4.69, 9.17) is 0 Å². The molecule has 0 N–H and O–H groups in total. The van der Waals surface area contributed by atoms with E-state index in [1.165, 1.54) is 11.1 Å². The van der Waals surface area contributed by atoms with Gasteiger partial charge >= 0.3 is 0 Å². The maximum atomic E-state index is 13.3. The fraction of sp³-hybridized carbons (Fsp3) is 0.667. The highest BCUT2D eigenvalue weighted by Gasteiger charge is 2.51. The van der Waals surface area contributed by atoms with Crippen LogP contribution in [0.5, 0.6) is 0 Å². The van der Waals surface area contributed by atoms with Crippen LogP contribution in [0.2, 0.25) is 0 Å². The van der Waals surface area contributed by atoms with Crippen molar-refractivity contribution >= 4 is 11.8 Å². The zero-order valence-electron chi connectivity index (χ0n) is 17.4. The second-order valence-corrected chi connectivity index (χ2v) is 9.48. The third-order valence-corrected chi connectivity index (χ3v) is 7.87. The summed E-state index contributed by atoms with van der Waals surface area (Å²) < 4.78 is 0. The van der Waals surface area contributed by atoms with E-state index in [1.807, 2.05) is 9.80 Å². The van der Waals surface area contributed by atoms with Gasteiger partial charge in [0.15, 0.2) is 0 Å². The van der Waals surface area contributed by atoms with E-state index < -0.39 is 0 Å². The number of carbonyl (C=O) groups excluding carboxylic acids is 2. The number of hydrogen-bond donors (Lipinski definition) is 0. The molecule has 5 rings (SSSR count). The summed E-state index contributed by atoms with van der Waals surface area (Å²) in [5.41, 5.74) is 2.67. The van der Waals surface area contributed by atoms with Crippen LogP contribution in [-0.2, 0) is 22.4 Å². The van der Waals surface area contributed by atoms with Gasteiger partial charge < -0.3 is 9.80 Å². The Balaban J connectivity index is 1.14. The van der Waals surface area contributed by atoms with Gasteiger partial charge in [-0.3, -0.25) is 14.5 Å². The highest BCUT2D eigenvalue weighted by Crippen LogP contribution is 2.40. The van der Waals surface area contributed by atoms with Crippen LogP contribution in [0.3, 0.4) is 0 Å². The molecule has 3 aliphatic heterocycles. The van der Waals surface area contributed by atoms with E-state index in [2.05, 4.69) is 29.2 Å². The molecule has 0 aromatic heterocycles. The predicted octanol–water partition coefficient (Wildman–Crippen LogP) is 2.48. The normalized spacial score (nSPS) is 26.3. The van der Waals surface area contributed by atoms with Crippen molar-refractivity contribution in [3.8, 4) is 0 Å². The Kier molecular flexibility index (Phi) is 5.10. The van der Waals surface area contributed by atoms with Gasteiger partial charge in [0.25, 0.3) is 0 Å². The minimum atomic E-state index is -0.207. The Morgan fingerprint density at radius 2 is 1.55 bits per heavy atom. The lowest BCUT2D eigenvalue weighted by Gasteiger charge is -2.41. The fourth-order valence-corrected chi connectivity index (χ4v) is 6.23. The Morgan fingerprint density at radius 3 is 2.28 bits per heavy atom. The average Bonchev–Trinajstić information content (AvgIpc) is 3.34. The second kappa shape index (κ2) is 7.75. The van der Waals surface area contributed by atoms with Gasteiger partial charge in [-0.05, 0) is 75.1 Å². The summed E-state index contributed by atoms with van der Waals surface area (Å²) in [6, 6.07) is 8.65. The van der Waals surface area contributed by atoms with E-state index in [0.717, 1.165) is 58.0 Å². The molecule has 1 unspecified atom stereocenters. The Hall–Kier alpha value is -1.88. The number of fused-ring (bicyclic) bond motifs is 2. The van der Waals surface area contributed by atoms with Crippen molar-refractivity contribution in [1.82, 2.24) is 14.7 Å². The molecule has 4 aliphatic rings. The molecule has 0 spiro atoms. The zero-order chi connectivity index (χ0) is 19.8. The minimum absolute atomic E-state index is 0.207. The molecule has 2 amide bonds. The summed E-state index contributed by atoms with van der Waals surface area (Å²) in [7, 11) is 0. The van der Waals surface area contributed by atoms with Crippen molar-refractivity contribution in [3.05, 3.63) is 35.4 Å². The first-order valence-corrected chi connectivity index (χ1v) is 11.5. The Morgan fingerprint density at radius 1 is 0.897 bits per heavy atom. The summed E-state index contributed by atoms with van der Waals surface area (Å²) in [5.74, 6) is 1.08. The van der Waals surface area contributed by atoms with E-state index >= 15 is 0 Å². The monoisotopic (exact) mass is 395 g/mol. The molecule has 1 atom stereocenters. The molecular formula is C24H33N3O2. The van der Waals surface area contributed by atoms with Crippen molar-refractivity contribution in [2.45, 2.75) is 56.9 Å². The van der Waals surface area contributed by atoms with Gasteiger partial charge in [-0.25, -0.2) is 0 Å². The molecule has 0 saturated carbocycles. The van der Waals surface area contributed by atoms with Gasteiger partial charge in [-0.15, -0.1) is 0 Å². The van der Waals surface area contributed by atoms with Crippen LogP contribution in [0.4, 0.5) is 0 Å². The number of carbonyl (C=O) groups is 2. The van der Waals surface area contributed by atoms with Gasteiger partial charge in [-0.2, -0.15) is 0 Å². The van der Waals surface area contributed by atoms with Crippen LogP contribution >= 0.6 is 0 Å². The number of nitrogens with zero attached hydrogens (tertiary/aromatic N) is 3. The quantitative estimate of drug-likeness (QED) is 0.790. The van der Waals surface area contributed by atoms with Crippen LogP contribution in [0, 0.1) is 5.92 Å². The summed E-state index contributed by atoms with van der Waals surface area (Å²) in [6.45, 7) is 4.96. The van der Waals surface area contributed by atoms with E-state index in [1.54, 1.807) is 0 Å². The molecule has 3 saturated heterocycles. The molecule has 5 heteroatoms. The SMILES string of the molecule is O=C(CC1CCc2ccccc2C1)N1CCN(C(=O)C23CCCN2CCC3)CC1. The summed E-state index contributed by atoms with van der Waals surface area (Å²) >= 11 is 0. The maximum absolute atomic E-state index is 13.3. The minimum Gasteiger partial charge on any atom is -0.339 e. The first-order chi connectivity index (χ1) is 14.2. The number of hydrogen-bond acceptors (Lipinski definition) is 3. The van der Waals surface area contributed by atoms with Crippen molar-refractivity contribution in [3.63, 3.8) is 0 Å². The fourth-order valence-electron chi connectivity index (χ4n) is 6.23. The van der Waals surface area contributed by atoms with Gasteiger partial charge in [0.05, 0.1) is 0 Å². The lowest BCUT2D eigenvalue weighted by Crippen LogP contribution is -2.58. The van der Waals surface area contributed by atoms with Gasteiger partial charge in [-0.1, -0.05) is 24.3 Å². The molecule has 1 aliphatic carbocycles. The van der Waals surface area contributed by atoms with Crippen molar-refractivity contribution in [2.75, 3.05) is 39.3 Å². The topological polar surface area (TPSA) is 43.9 Å². The molecule has 3 fully saturated rings. The lowest BCUT2D eigenvalue weighted by molar-refractivity contribution is -0.146. The molecule has 5 nitrogen and oxygen atoms in total. The maximum Gasteiger partial charge on any atom is 0.243 e. The molecular weight excluding hydrogens is 362 g/mol. The Bertz CT molecular complexity index is 774. The van der Waals surface area contributed by atoms with E-state index in [0.29, 0.717) is 44.4 Å². The van der Waals surface area contributed by atoms with Crippen LogP contribution in [0.15, 0.2) is 24.3 Å². The number of amides is 2. The first kappa shape index (κ1) is 19.1. The van der Waals surface area contributed by atoms with E-state index in [9.17, 15) is 9.59 Å². The zero-order valence-corrected chi connectivity index (χ0v) is 17.4. The smallest absolute Gasteiger partial charge is 0.243 e. The summed E-state index contributed by atoms with van der Waals surface area (Å²) in [5, 5.41) is 0. The van der Waals surface area contributed by atoms with Gasteiger partial charge in [0, 0.05) is 32.6 Å². The second-order valence-electron chi connectivity index (χ2n) is 9.48.